The molecule has 1 aliphatic carbocycles. The fourth-order valence-electron chi connectivity index (χ4n) is 4.26. The Hall–Kier alpha value is -1.84. The van der Waals surface area contributed by atoms with Crippen molar-refractivity contribution >= 4 is 11.9 Å². The highest BCUT2D eigenvalue weighted by Crippen LogP contribution is 2.33. The highest BCUT2D eigenvalue weighted by molar-refractivity contribution is 6.00. The van der Waals surface area contributed by atoms with Crippen molar-refractivity contribution in [3.63, 3.8) is 0 Å². The van der Waals surface area contributed by atoms with Crippen LogP contribution in [0.2, 0.25) is 0 Å². The number of Topliss-reactive ketones (excluding diaryl/α,β-unsaturated/α-hetero) is 1. The SMILES string of the molecule is CC(C)(C)OC(=O)N1CCCCCCC1C1CCc2ccccc2C1=O. The van der Waals surface area contributed by atoms with Crippen LogP contribution < -0.4 is 0 Å². The van der Waals surface area contributed by atoms with Gasteiger partial charge in [0, 0.05) is 24.1 Å². The van der Waals surface area contributed by atoms with Crippen LogP contribution in [0.15, 0.2) is 24.3 Å². The van der Waals surface area contributed by atoms with E-state index < -0.39 is 5.60 Å². The predicted octanol–water partition coefficient (Wildman–Crippen LogP) is 5.00. The molecule has 0 N–H and O–H groups in total. The van der Waals surface area contributed by atoms with E-state index in [0.29, 0.717) is 6.54 Å². The van der Waals surface area contributed by atoms with Crippen LogP contribution in [0.4, 0.5) is 4.79 Å². The molecule has 3 rings (SSSR count). The van der Waals surface area contributed by atoms with Gasteiger partial charge in [0.2, 0.25) is 0 Å². The Morgan fingerprint density at radius 2 is 1.81 bits per heavy atom. The Bertz CT molecular complexity index is 662. The van der Waals surface area contributed by atoms with Crippen LogP contribution in [-0.2, 0) is 11.2 Å². The number of aryl methyl sites for hydroxylation is 1. The van der Waals surface area contributed by atoms with Crippen LogP contribution in [0.5, 0.6) is 0 Å². The quantitative estimate of drug-likeness (QED) is 0.710. The number of ketones is 1. The van der Waals surface area contributed by atoms with Gasteiger partial charge in [-0.25, -0.2) is 4.79 Å². The van der Waals surface area contributed by atoms with E-state index in [1.807, 2.05) is 49.9 Å². The first-order valence-electron chi connectivity index (χ1n) is 9.98. The molecule has 26 heavy (non-hydrogen) atoms. The molecule has 0 spiro atoms. The van der Waals surface area contributed by atoms with Crippen molar-refractivity contribution in [2.75, 3.05) is 6.54 Å². The molecule has 4 nitrogen and oxygen atoms in total. The van der Waals surface area contributed by atoms with Gasteiger partial charge in [0.15, 0.2) is 5.78 Å². The fourth-order valence-corrected chi connectivity index (χ4v) is 4.26. The fraction of sp³-hybridized carbons (Fsp3) is 0.636. The number of hydrogen-bond acceptors (Lipinski definition) is 3. The molecular formula is C22H31NO3. The molecule has 0 aromatic heterocycles. The summed E-state index contributed by atoms with van der Waals surface area (Å²) in [6, 6.07) is 7.86. The average molecular weight is 357 g/mol. The number of carbonyl (C=O) groups excluding carboxylic acids is 2. The van der Waals surface area contributed by atoms with Crippen LogP contribution in [0.3, 0.4) is 0 Å². The van der Waals surface area contributed by atoms with Gasteiger partial charge in [-0.15, -0.1) is 0 Å². The Kier molecular flexibility index (Phi) is 5.69. The lowest BCUT2D eigenvalue weighted by molar-refractivity contribution is 0.00599. The number of likely N-dealkylation sites (tertiary alicyclic amines) is 1. The van der Waals surface area contributed by atoms with Gasteiger partial charge in [-0.1, -0.05) is 43.5 Å². The Balaban J connectivity index is 1.86. The number of amides is 1. The molecule has 2 unspecified atom stereocenters. The predicted molar refractivity (Wildman–Crippen MR) is 102 cm³/mol. The zero-order valence-electron chi connectivity index (χ0n) is 16.3. The van der Waals surface area contributed by atoms with Crippen molar-refractivity contribution in [3.05, 3.63) is 35.4 Å². The summed E-state index contributed by atoms with van der Waals surface area (Å²) in [6.07, 6.45) is 6.70. The second-order valence-electron chi connectivity index (χ2n) is 8.61. The van der Waals surface area contributed by atoms with Crippen molar-refractivity contribution in [2.24, 2.45) is 5.92 Å². The lowest BCUT2D eigenvalue weighted by atomic mass is 9.76. The number of hydrogen-bond donors (Lipinski definition) is 0. The highest BCUT2D eigenvalue weighted by atomic mass is 16.6. The first-order valence-corrected chi connectivity index (χ1v) is 9.98. The Labute approximate surface area is 156 Å². The number of ether oxygens (including phenoxy) is 1. The smallest absolute Gasteiger partial charge is 0.410 e. The number of fused-ring (bicyclic) bond motifs is 1. The van der Waals surface area contributed by atoms with E-state index >= 15 is 0 Å². The summed E-state index contributed by atoms with van der Waals surface area (Å²) in [6.45, 7) is 6.37. The summed E-state index contributed by atoms with van der Waals surface area (Å²) >= 11 is 0. The normalized spacial score (nSPS) is 24.4. The van der Waals surface area contributed by atoms with E-state index in [-0.39, 0.29) is 23.8 Å². The van der Waals surface area contributed by atoms with Crippen LogP contribution >= 0.6 is 0 Å². The third-order valence-electron chi connectivity index (χ3n) is 5.49. The van der Waals surface area contributed by atoms with E-state index in [1.165, 1.54) is 6.42 Å². The van der Waals surface area contributed by atoms with Crippen LogP contribution in [0.1, 0.15) is 75.2 Å². The molecule has 142 valence electrons. The summed E-state index contributed by atoms with van der Waals surface area (Å²) in [5.41, 5.74) is 1.46. The third-order valence-corrected chi connectivity index (χ3v) is 5.49. The Morgan fingerprint density at radius 3 is 2.58 bits per heavy atom. The van der Waals surface area contributed by atoms with Gasteiger partial charge in [-0.05, 0) is 52.0 Å². The van der Waals surface area contributed by atoms with E-state index in [0.717, 1.165) is 49.7 Å². The maximum absolute atomic E-state index is 13.2. The summed E-state index contributed by atoms with van der Waals surface area (Å²) < 4.78 is 5.68. The largest absolute Gasteiger partial charge is 0.444 e. The lowest BCUT2D eigenvalue weighted by Crippen LogP contribution is -2.50. The molecule has 0 bridgehead atoms. The molecule has 4 heteroatoms. The van der Waals surface area contributed by atoms with Gasteiger partial charge in [0.1, 0.15) is 5.60 Å². The number of carbonyl (C=O) groups is 2. The molecule has 1 saturated heterocycles. The number of rotatable bonds is 1. The molecule has 2 aliphatic rings. The minimum atomic E-state index is -0.521. The highest BCUT2D eigenvalue weighted by Gasteiger charge is 2.39. The summed E-state index contributed by atoms with van der Waals surface area (Å²) in [4.78, 5) is 27.9. The molecule has 1 fully saturated rings. The van der Waals surface area contributed by atoms with Gasteiger partial charge in [-0.3, -0.25) is 4.79 Å². The second-order valence-corrected chi connectivity index (χ2v) is 8.61. The lowest BCUT2D eigenvalue weighted by Gasteiger charge is -2.40. The minimum Gasteiger partial charge on any atom is -0.444 e. The van der Waals surface area contributed by atoms with E-state index in [1.54, 1.807) is 0 Å². The first-order chi connectivity index (χ1) is 12.4. The van der Waals surface area contributed by atoms with Crippen LogP contribution in [0, 0.1) is 5.92 Å². The van der Waals surface area contributed by atoms with E-state index in [2.05, 4.69) is 0 Å². The van der Waals surface area contributed by atoms with E-state index in [9.17, 15) is 9.59 Å². The third kappa shape index (κ3) is 4.28. The summed E-state index contributed by atoms with van der Waals surface area (Å²) in [5.74, 6) is 0.0847. The van der Waals surface area contributed by atoms with Crippen molar-refractivity contribution in [3.8, 4) is 0 Å². The van der Waals surface area contributed by atoms with Crippen molar-refractivity contribution in [1.29, 1.82) is 0 Å². The number of benzene rings is 1. The molecule has 1 amide bonds. The van der Waals surface area contributed by atoms with Gasteiger partial charge in [-0.2, -0.15) is 0 Å². The number of nitrogens with zero attached hydrogens (tertiary/aromatic N) is 1. The van der Waals surface area contributed by atoms with Crippen molar-refractivity contribution < 1.29 is 14.3 Å². The zero-order chi connectivity index (χ0) is 18.7. The maximum Gasteiger partial charge on any atom is 0.410 e. The molecule has 1 heterocycles. The topological polar surface area (TPSA) is 46.6 Å². The van der Waals surface area contributed by atoms with Gasteiger partial charge >= 0.3 is 6.09 Å². The monoisotopic (exact) mass is 357 g/mol. The molecule has 2 atom stereocenters. The second kappa shape index (κ2) is 7.81. The molecule has 1 aliphatic heterocycles. The molecule has 0 saturated carbocycles. The molecule has 1 aromatic rings. The standard InChI is InChI=1S/C22H31NO3/c1-22(2,3)26-21(25)23-15-9-5-4-6-12-19(23)18-14-13-16-10-7-8-11-17(16)20(18)24/h7-8,10-11,18-19H,4-6,9,12-15H2,1-3H3. The van der Waals surface area contributed by atoms with Crippen molar-refractivity contribution in [1.82, 2.24) is 4.90 Å². The van der Waals surface area contributed by atoms with Crippen LogP contribution in [0.25, 0.3) is 0 Å². The molecule has 0 radical (unpaired) electrons. The summed E-state index contributed by atoms with van der Waals surface area (Å²) in [7, 11) is 0. The average Bonchev–Trinajstić information content (AvgIpc) is 2.54. The summed E-state index contributed by atoms with van der Waals surface area (Å²) in [5, 5.41) is 0. The maximum atomic E-state index is 13.2. The van der Waals surface area contributed by atoms with E-state index in [4.69, 9.17) is 4.74 Å². The zero-order valence-corrected chi connectivity index (χ0v) is 16.3. The first kappa shape index (κ1) is 18.9. The van der Waals surface area contributed by atoms with Gasteiger partial charge in [0.25, 0.3) is 0 Å². The van der Waals surface area contributed by atoms with Crippen LogP contribution in [-0.4, -0.2) is 35.0 Å². The minimum absolute atomic E-state index is 0.0500. The van der Waals surface area contributed by atoms with Gasteiger partial charge < -0.3 is 9.64 Å². The van der Waals surface area contributed by atoms with Gasteiger partial charge in [0.05, 0.1) is 0 Å². The Morgan fingerprint density at radius 1 is 1.08 bits per heavy atom. The molecular weight excluding hydrogens is 326 g/mol. The molecule has 1 aromatic carbocycles. The van der Waals surface area contributed by atoms with Crippen molar-refractivity contribution in [2.45, 2.75) is 77.4 Å².